The highest BCUT2D eigenvalue weighted by Crippen LogP contribution is 2.28. The molecule has 0 fully saturated rings. The van der Waals surface area contributed by atoms with E-state index in [9.17, 15) is 8.78 Å². The molecule has 3 nitrogen and oxygen atoms in total. The van der Waals surface area contributed by atoms with Crippen LogP contribution < -0.4 is 0 Å². The first-order chi connectivity index (χ1) is 11.5. The highest BCUT2D eigenvalue weighted by Gasteiger charge is 2.35. The first-order valence-corrected chi connectivity index (χ1v) is 7.80. The number of nitrogens with zero attached hydrogens (tertiary/aromatic N) is 1. The number of halogens is 2. The van der Waals surface area contributed by atoms with Gasteiger partial charge in [-0.15, -0.1) is 0 Å². The van der Waals surface area contributed by atoms with Gasteiger partial charge in [0.1, 0.15) is 11.6 Å². The zero-order chi connectivity index (χ0) is 17.2. The van der Waals surface area contributed by atoms with Crippen LogP contribution in [-0.2, 0) is 16.2 Å². The number of ether oxygens (including phenoxy) is 1. The van der Waals surface area contributed by atoms with Crippen LogP contribution >= 0.6 is 0 Å². The quantitative estimate of drug-likeness (QED) is 0.814. The van der Waals surface area contributed by atoms with Crippen molar-refractivity contribution in [3.63, 3.8) is 0 Å². The lowest BCUT2D eigenvalue weighted by atomic mass is 9.94. The maximum Gasteiger partial charge on any atom is 0.163 e. The molecule has 24 heavy (non-hydrogen) atoms. The zero-order valence-electron chi connectivity index (χ0n) is 13.7. The standard InChI is InChI=1S/C19H19F2NO2/c1-13-6-3-4-7-14(13)18-10-19(2,24-22-18)12-23-11-15-16(20)8-5-9-17(15)21/h3-9H,10-12H2,1-2H3. The average Bonchev–Trinajstić information content (AvgIpc) is 2.93. The second-order valence-corrected chi connectivity index (χ2v) is 6.26. The van der Waals surface area contributed by atoms with E-state index in [0.29, 0.717) is 6.42 Å². The molecule has 0 radical (unpaired) electrons. The lowest BCUT2D eigenvalue weighted by Gasteiger charge is -2.21. The minimum atomic E-state index is -0.640. The second kappa shape index (κ2) is 6.69. The Kier molecular flexibility index (Phi) is 4.62. The predicted molar refractivity (Wildman–Crippen MR) is 87.8 cm³/mol. The third-order valence-corrected chi connectivity index (χ3v) is 4.09. The van der Waals surface area contributed by atoms with Crippen molar-refractivity contribution in [3.05, 3.63) is 70.8 Å². The van der Waals surface area contributed by atoms with Crippen molar-refractivity contribution < 1.29 is 18.4 Å². The first-order valence-electron chi connectivity index (χ1n) is 7.80. The van der Waals surface area contributed by atoms with Crippen LogP contribution in [-0.4, -0.2) is 17.9 Å². The molecule has 0 aliphatic carbocycles. The fourth-order valence-electron chi connectivity index (χ4n) is 2.74. The summed E-state index contributed by atoms with van der Waals surface area (Å²) in [7, 11) is 0. The number of aryl methyl sites for hydroxylation is 1. The SMILES string of the molecule is Cc1ccccc1C1=NOC(C)(COCc2c(F)cccc2F)C1. The van der Waals surface area contributed by atoms with Gasteiger partial charge in [-0.2, -0.15) is 0 Å². The summed E-state index contributed by atoms with van der Waals surface area (Å²) < 4.78 is 32.7. The molecule has 1 aliphatic rings. The average molecular weight is 331 g/mol. The molecule has 5 heteroatoms. The number of benzene rings is 2. The van der Waals surface area contributed by atoms with Gasteiger partial charge >= 0.3 is 0 Å². The summed E-state index contributed by atoms with van der Waals surface area (Å²) in [6.07, 6.45) is 0.581. The lowest BCUT2D eigenvalue weighted by Crippen LogP contribution is -2.31. The largest absolute Gasteiger partial charge is 0.386 e. The van der Waals surface area contributed by atoms with E-state index in [2.05, 4.69) is 5.16 Å². The lowest BCUT2D eigenvalue weighted by molar-refractivity contribution is -0.0716. The summed E-state index contributed by atoms with van der Waals surface area (Å²) >= 11 is 0. The summed E-state index contributed by atoms with van der Waals surface area (Å²) in [4.78, 5) is 5.54. The van der Waals surface area contributed by atoms with Gasteiger partial charge in [0, 0.05) is 17.5 Å². The van der Waals surface area contributed by atoms with Crippen LogP contribution in [0.15, 0.2) is 47.6 Å². The Labute approximate surface area is 139 Å². The van der Waals surface area contributed by atoms with E-state index in [1.54, 1.807) is 0 Å². The van der Waals surface area contributed by atoms with Gasteiger partial charge in [-0.3, -0.25) is 0 Å². The van der Waals surface area contributed by atoms with Gasteiger partial charge in [0.25, 0.3) is 0 Å². The van der Waals surface area contributed by atoms with E-state index in [4.69, 9.17) is 9.57 Å². The molecule has 1 unspecified atom stereocenters. The Balaban J connectivity index is 1.60. The second-order valence-electron chi connectivity index (χ2n) is 6.26. The monoisotopic (exact) mass is 331 g/mol. The van der Waals surface area contributed by atoms with Crippen molar-refractivity contribution in [1.29, 1.82) is 0 Å². The van der Waals surface area contributed by atoms with Crippen molar-refractivity contribution in [2.24, 2.45) is 5.16 Å². The summed E-state index contributed by atoms with van der Waals surface area (Å²) in [5.41, 5.74) is 2.31. The van der Waals surface area contributed by atoms with Crippen molar-refractivity contribution in [3.8, 4) is 0 Å². The Hall–Kier alpha value is -2.27. The Morgan fingerprint density at radius 1 is 1.12 bits per heavy atom. The number of rotatable bonds is 5. The van der Waals surface area contributed by atoms with Crippen LogP contribution in [0.5, 0.6) is 0 Å². The summed E-state index contributed by atoms with van der Waals surface area (Å²) in [5, 5.41) is 4.17. The van der Waals surface area contributed by atoms with Crippen LogP contribution in [0.3, 0.4) is 0 Å². The molecule has 0 saturated carbocycles. The third kappa shape index (κ3) is 3.46. The normalized spacial score (nSPS) is 19.9. The molecule has 1 heterocycles. The maximum atomic E-state index is 13.6. The van der Waals surface area contributed by atoms with Gasteiger partial charge in [0.15, 0.2) is 5.60 Å². The van der Waals surface area contributed by atoms with Crippen molar-refractivity contribution in [2.75, 3.05) is 6.61 Å². The maximum absolute atomic E-state index is 13.6. The smallest absolute Gasteiger partial charge is 0.163 e. The first kappa shape index (κ1) is 16.6. The van der Waals surface area contributed by atoms with E-state index < -0.39 is 17.2 Å². The molecule has 0 aromatic heterocycles. The van der Waals surface area contributed by atoms with E-state index in [0.717, 1.165) is 16.8 Å². The molecule has 0 N–H and O–H groups in total. The number of oxime groups is 1. The van der Waals surface area contributed by atoms with Gasteiger partial charge in [-0.1, -0.05) is 35.5 Å². The van der Waals surface area contributed by atoms with E-state index >= 15 is 0 Å². The highest BCUT2D eigenvalue weighted by molar-refractivity contribution is 6.02. The van der Waals surface area contributed by atoms with Gasteiger partial charge in [-0.05, 0) is 31.5 Å². The fraction of sp³-hybridized carbons (Fsp3) is 0.316. The number of hydrogen-bond acceptors (Lipinski definition) is 3. The minimum absolute atomic E-state index is 0.0702. The Bertz CT molecular complexity index is 755. The van der Waals surface area contributed by atoms with Crippen LogP contribution in [0.4, 0.5) is 8.78 Å². The fourth-order valence-corrected chi connectivity index (χ4v) is 2.74. The third-order valence-electron chi connectivity index (χ3n) is 4.09. The minimum Gasteiger partial charge on any atom is -0.386 e. The van der Waals surface area contributed by atoms with E-state index in [-0.39, 0.29) is 18.8 Å². The molecule has 0 saturated heterocycles. The van der Waals surface area contributed by atoms with Crippen LogP contribution in [0.2, 0.25) is 0 Å². The molecule has 126 valence electrons. The topological polar surface area (TPSA) is 30.8 Å². The molecule has 3 rings (SSSR count). The number of hydrogen-bond donors (Lipinski definition) is 0. The van der Waals surface area contributed by atoms with Crippen LogP contribution in [0.1, 0.15) is 30.0 Å². The summed E-state index contributed by atoms with van der Waals surface area (Å²) in [6.45, 7) is 3.95. The van der Waals surface area contributed by atoms with Crippen LogP contribution in [0.25, 0.3) is 0 Å². The van der Waals surface area contributed by atoms with Crippen molar-refractivity contribution >= 4 is 5.71 Å². The predicted octanol–water partition coefficient (Wildman–Crippen LogP) is 4.37. The molecule has 2 aromatic rings. The van der Waals surface area contributed by atoms with Gasteiger partial charge < -0.3 is 9.57 Å². The van der Waals surface area contributed by atoms with Gasteiger partial charge in [-0.25, -0.2) is 8.78 Å². The van der Waals surface area contributed by atoms with E-state index in [1.807, 2.05) is 38.1 Å². The Morgan fingerprint density at radius 2 is 1.83 bits per heavy atom. The molecular formula is C19H19F2NO2. The molecular weight excluding hydrogens is 312 g/mol. The molecule has 0 bridgehead atoms. The summed E-state index contributed by atoms with van der Waals surface area (Å²) in [6, 6.07) is 11.7. The molecule has 0 amide bonds. The van der Waals surface area contributed by atoms with Gasteiger partial charge in [0.05, 0.1) is 18.9 Å². The molecule has 0 spiro atoms. The Morgan fingerprint density at radius 3 is 2.54 bits per heavy atom. The zero-order valence-corrected chi connectivity index (χ0v) is 13.7. The molecule has 1 aliphatic heterocycles. The highest BCUT2D eigenvalue weighted by atomic mass is 19.1. The van der Waals surface area contributed by atoms with Gasteiger partial charge in [0.2, 0.25) is 0 Å². The summed E-state index contributed by atoms with van der Waals surface area (Å²) in [5.74, 6) is -1.21. The van der Waals surface area contributed by atoms with Crippen LogP contribution in [0, 0.1) is 18.6 Å². The van der Waals surface area contributed by atoms with Crippen molar-refractivity contribution in [1.82, 2.24) is 0 Å². The van der Waals surface area contributed by atoms with Crippen molar-refractivity contribution in [2.45, 2.75) is 32.5 Å². The molecule has 1 atom stereocenters. The van der Waals surface area contributed by atoms with E-state index in [1.165, 1.54) is 18.2 Å². The molecule has 2 aromatic carbocycles.